The second-order valence-corrected chi connectivity index (χ2v) is 10.6. The number of anilines is 2. The average Bonchev–Trinajstić information content (AvgIpc) is 3.52. The number of pyridine rings is 1. The maximum Gasteiger partial charge on any atom is 0.330 e. The summed E-state index contributed by atoms with van der Waals surface area (Å²) < 4.78 is 34.4. The Balaban J connectivity index is 1.34. The molecule has 2 aromatic heterocycles. The van der Waals surface area contributed by atoms with Crippen molar-refractivity contribution >= 4 is 27.6 Å². The van der Waals surface area contributed by atoms with Gasteiger partial charge in [0, 0.05) is 37.9 Å². The lowest BCUT2D eigenvalue weighted by atomic mass is 10.3. The third kappa shape index (κ3) is 4.40. The maximum absolute atomic E-state index is 13.2. The van der Waals surface area contributed by atoms with Gasteiger partial charge in [0.25, 0.3) is 0 Å². The summed E-state index contributed by atoms with van der Waals surface area (Å²) in [6.45, 7) is 6.45. The van der Waals surface area contributed by atoms with Gasteiger partial charge in [0.1, 0.15) is 17.8 Å². The Morgan fingerprint density at radius 2 is 1.66 bits per heavy atom. The van der Waals surface area contributed by atoms with Crippen LogP contribution in [0.4, 0.5) is 16.3 Å². The molecular formula is C23H27N7O4S. The number of morpholine rings is 1. The van der Waals surface area contributed by atoms with Gasteiger partial charge < -0.3 is 9.30 Å². The third-order valence-corrected chi connectivity index (χ3v) is 8.05. The van der Waals surface area contributed by atoms with Crippen LogP contribution in [0.1, 0.15) is 19.9 Å². The van der Waals surface area contributed by atoms with Crippen LogP contribution in [0.25, 0.3) is 11.5 Å². The molecule has 0 radical (unpaired) electrons. The van der Waals surface area contributed by atoms with Crippen LogP contribution in [0, 0.1) is 0 Å². The summed E-state index contributed by atoms with van der Waals surface area (Å²) in [5.41, 5.74) is 1.27. The number of hydrogen-bond donors (Lipinski definition) is 0. The van der Waals surface area contributed by atoms with Crippen molar-refractivity contribution in [2.45, 2.75) is 24.8 Å². The highest BCUT2D eigenvalue weighted by Crippen LogP contribution is 2.28. The molecule has 11 nitrogen and oxygen atoms in total. The predicted octanol–water partition coefficient (Wildman–Crippen LogP) is 2.39. The van der Waals surface area contributed by atoms with Gasteiger partial charge >= 0.3 is 6.03 Å². The quantitative estimate of drug-likeness (QED) is 0.514. The number of urea groups is 1. The van der Waals surface area contributed by atoms with Crippen LogP contribution in [0.15, 0.2) is 53.7 Å². The van der Waals surface area contributed by atoms with Gasteiger partial charge in [0.2, 0.25) is 10.0 Å². The summed E-state index contributed by atoms with van der Waals surface area (Å²) >= 11 is 0. The molecule has 0 N–H and O–H groups in total. The van der Waals surface area contributed by atoms with Crippen molar-refractivity contribution in [1.29, 1.82) is 0 Å². The minimum atomic E-state index is -3.59. The van der Waals surface area contributed by atoms with Crippen LogP contribution in [-0.4, -0.2) is 77.9 Å². The number of nitrogens with zero attached hydrogens (tertiary/aromatic N) is 7. The average molecular weight is 498 g/mol. The number of aromatic nitrogens is 4. The summed E-state index contributed by atoms with van der Waals surface area (Å²) in [6, 6.07) is 11.9. The lowest BCUT2D eigenvalue weighted by molar-refractivity contribution is 0.0730. The first-order valence-electron chi connectivity index (χ1n) is 11.5. The molecule has 5 rings (SSSR count). The van der Waals surface area contributed by atoms with Crippen molar-refractivity contribution in [1.82, 2.24) is 24.1 Å². The molecule has 12 heteroatoms. The monoisotopic (exact) mass is 497 g/mol. The maximum atomic E-state index is 13.2. The van der Waals surface area contributed by atoms with Gasteiger partial charge in [-0.25, -0.2) is 18.2 Å². The van der Waals surface area contributed by atoms with Gasteiger partial charge in [-0.1, -0.05) is 6.07 Å². The van der Waals surface area contributed by atoms with E-state index in [1.54, 1.807) is 46.5 Å². The first-order valence-corrected chi connectivity index (χ1v) is 12.9. The number of ether oxygens (including phenoxy) is 1. The van der Waals surface area contributed by atoms with E-state index in [0.29, 0.717) is 62.4 Å². The molecular weight excluding hydrogens is 470 g/mol. The Bertz CT molecular complexity index is 1320. The summed E-state index contributed by atoms with van der Waals surface area (Å²) in [6.07, 6.45) is 1.67. The van der Waals surface area contributed by atoms with Crippen LogP contribution in [0.3, 0.4) is 0 Å². The second kappa shape index (κ2) is 9.36. The van der Waals surface area contributed by atoms with Crippen molar-refractivity contribution in [3.05, 3.63) is 48.8 Å². The Morgan fingerprint density at radius 1 is 0.943 bits per heavy atom. The fourth-order valence-corrected chi connectivity index (χ4v) is 5.63. The molecule has 0 saturated carbocycles. The van der Waals surface area contributed by atoms with Gasteiger partial charge in [-0.15, -0.1) is 10.2 Å². The molecule has 4 heterocycles. The normalized spacial score (nSPS) is 17.5. The fourth-order valence-electron chi connectivity index (χ4n) is 4.23. The highest BCUT2D eigenvalue weighted by Gasteiger charge is 2.32. The summed E-state index contributed by atoms with van der Waals surface area (Å²) in [5.74, 6) is 1.17. The fraction of sp³-hybridized carbons (Fsp3) is 0.391. The first kappa shape index (κ1) is 23.4. The Labute approximate surface area is 204 Å². The van der Waals surface area contributed by atoms with E-state index in [9.17, 15) is 13.2 Å². The lowest BCUT2D eigenvalue weighted by Crippen LogP contribution is -2.40. The molecule has 2 amide bonds. The number of carbonyl (C=O) groups excluding carboxylic acids is 1. The van der Waals surface area contributed by atoms with E-state index < -0.39 is 10.0 Å². The molecule has 0 spiro atoms. The predicted molar refractivity (Wildman–Crippen MR) is 130 cm³/mol. The van der Waals surface area contributed by atoms with Gasteiger partial charge in [0.05, 0.1) is 18.1 Å². The standard InChI is InChI=1S/C23H27N7O4S/c1-17(2)30-16-24-26-22(30)20-4-3-5-21(25-20)29-11-10-28(23(29)31)18-6-8-19(9-7-18)35(32,33)27-12-14-34-15-13-27/h3-9,16-17H,10-15H2,1-2H3. The number of benzene rings is 1. The number of carbonyl (C=O) groups is 1. The molecule has 2 aliphatic heterocycles. The molecule has 35 heavy (non-hydrogen) atoms. The van der Waals surface area contributed by atoms with Gasteiger partial charge in [0.15, 0.2) is 5.82 Å². The third-order valence-electron chi connectivity index (χ3n) is 6.13. The van der Waals surface area contributed by atoms with E-state index in [1.807, 2.05) is 30.5 Å². The van der Waals surface area contributed by atoms with Crippen LogP contribution in [0.2, 0.25) is 0 Å². The molecule has 0 atom stereocenters. The Hall–Kier alpha value is -3.35. The van der Waals surface area contributed by atoms with Gasteiger partial charge in [-0.2, -0.15) is 4.31 Å². The van der Waals surface area contributed by atoms with E-state index in [4.69, 9.17) is 4.74 Å². The van der Waals surface area contributed by atoms with Crippen LogP contribution in [0.5, 0.6) is 0 Å². The van der Waals surface area contributed by atoms with Crippen molar-refractivity contribution in [2.24, 2.45) is 0 Å². The van der Waals surface area contributed by atoms with E-state index in [1.165, 1.54) is 4.31 Å². The Kier molecular flexibility index (Phi) is 6.26. The van der Waals surface area contributed by atoms with E-state index in [0.717, 1.165) is 0 Å². The molecule has 2 fully saturated rings. The zero-order chi connectivity index (χ0) is 24.6. The smallest absolute Gasteiger partial charge is 0.330 e. The summed E-state index contributed by atoms with van der Waals surface area (Å²) in [5, 5.41) is 8.20. The highest BCUT2D eigenvalue weighted by molar-refractivity contribution is 7.89. The minimum absolute atomic E-state index is 0.171. The van der Waals surface area contributed by atoms with Crippen LogP contribution < -0.4 is 9.80 Å². The number of sulfonamides is 1. The Morgan fingerprint density at radius 3 is 2.37 bits per heavy atom. The van der Waals surface area contributed by atoms with Crippen LogP contribution in [-0.2, 0) is 14.8 Å². The van der Waals surface area contributed by atoms with Crippen molar-refractivity contribution < 1.29 is 17.9 Å². The molecule has 3 aromatic rings. The number of amides is 2. The minimum Gasteiger partial charge on any atom is -0.379 e. The topological polar surface area (TPSA) is 114 Å². The molecule has 0 bridgehead atoms. The van der Waals surface area contributed by atoms with E-state index in [2.05, 4.69) is 15.2 Å². The van der Waals surface area contributed by atoms with Crippen molar-refractivity contribution in [3.63, 3.8) is 0 Å². The molecule has 1 aromatic carbocycles. The van der Waals surface area contributed by atoms with E-state index in [-0.39, 0.29) is 17.0 Å². The second-order valence-electron chi connectivity index (χ2n) is 8.63. The summed E-state index contributed by atoms with van der Waals surface area (Å²) in [4.78, 5) is 21.4. The zero-order valence-electron chi connectivity index (χ0n) is 19.6. The first-order chi connectivity index (χ1) is 16.9. The zero-order valence-corrected chi connectivity index (χ0v) is 20.4. The molecule has 2 aliphatic rings. The molecule has 2 saturated heterocycles. The lowest BCUT2D eigenvalue weighted by Gasteiger charge is -2.26. The molecule has 0 unspecified atom stereocenters. The van der Waals surface area contributed by atoms with Gasteiger partial charge in [-0.05, 0) is 50.2 Å². The van der Waals surface area contributed by atoms with Gasteiger partial charge in [-0.3, -0.25) is 9.80 Å². The molecule has 184 valence electrons. The SMILES string of the molecule is CC(C)n1cnnc1-c1cccc(N2CCN(c3ccc(S(=O)(=O)N4CCOCC4)cc3)C2=O)n1. The van der Waals surface area contributed by atoms with E-state index >= 15 is 0 Å². The van der Waals surface area contributed by atoms with Crippen LogP contribution >= 0.6 is 0 Å². The largest absolute Gasteiger partial charge is 0.379 e. The number of rotatable bonds is 6. The summed E-state index contributed by atoms with van der Waals surface area (Å²) in [7, 11) is -3.59. The van der Waals surface area contributed by atoms with Crippen molar-refractivity contribution in [3.8, 4) is 11.5 Å². The number of hydrogen-bond acceptors (Lipinski definition) is 7. The molecule has 0 aliphatic carbocycles. The van der Waals surface area contributed by atoms with Crippen molar-refractivity contribution in [2.75, 3.05) is 49.2 Å². The highest BCUT2D eigenvalue weighted by atomic mass is 32.2.